The third-order valence-corrected chi connectivity index (χ3v) is 4.89. The lowest BCUT2D eigenvalue weighted by atomic mass is 9.94. The summed E-state index contributed by atoms with van der Waals surface area (Å²) < 4.78 is 11.5. The molecule has 0 bridgehead atoms. The maximum absolute atomic E-state index is 12.4. The number of hydrogen-bond donors (Lipinski definition) is 1. The van der Waals surface area contributed by atoms with Crippen molar-refractivity contribution in [1.82, 2.24) is 15.2 Å². The van der Waals surface area contributed by atoms with E-state index in [4.69, 9.17) is 9.15 Å². The highest BCUT2D eigenvalue weighted by Crippen LogP contribution is 2.30. The molecule has 2 aliphatic rings. The molecule has 1 spiro atoms. The topological polar surface area (TPSA) is 84.7 Å². The van der Waals surface area contributed by atoms with Crippen LogP contribution in [-0.4, -0.2) is 46.6 Å². The second-order valence-corrected chi connectivity index (χ2v) is 7.99. The SMILES string of the molecule is CC1OC2(CCN(C(=O)CCc3ncc(C(C)(C)C)o3)CC2)NC1=O. The molecular formula is C18H27N3O4. The first kappa shape index (κ1) is 17.9. The van der Waals surface area contributed by atoms with Crippen molar-refractivity contribution in [3.63, 3.8) is 0 Å². The number of aryl methyl sites for hydroxylation is 1. The zero-order chi connectivity index (χ0) is 18.2. The first-order chi connectivity index (χ1) is 11.7. The van der Waals surface area contributed by atoms with Gasteiger partial charge in [0.05, 0.1) is 6.20 Å². The number of hydrogen-bond acceptors (Lipinski definition) is 5. The van der Waals surface area contributed by atoms with Crippen LogP contribution < -0.4 is 5.32 Å². The molecule has 2 amide bonds. The van der Waals surface area contributed by atoms with Gasteiger partial charge in [-0.3, -0.25) is 9.59 Å². The van der Waals surface area contributed by atoms with Crippen molar-refractivity contribution >= 4 is 11.8 Å². The highest BCUT2D eigenvalue weighted by Gasteiger charge is 2.45. The number of nitrogens with one attached hydrogen (secondary N) is 1. The largest absolute Gasteiger partial charge is 0.445 e. The Hall–Kier alpha value is -1.89. The van der Waals surface area contributed by atoms with Crippen molar-refractivity contribution in [3.05, 3.63) is 17.8 Å². The van der Waals surface area contributed by atoms with Crippen LogP contribution in [0.1, 0.15) is 58.6 Å². The first-order valence-electron chi connectivity index (χ1n) is 8.91. The zero-order valence-corrected chi connectivity index (χ0v) is 15.4. The molecule has 3 heterocycles. The Morgan fingerprint density at radius 3 is 2.60 bits per heavy atom. The number of nitrogens with zero attached hydrogens (tertiary/aromatic N) is 2. The van der Waals surface area contributed by atoms with E-state index in [0.29, 0.717) is 44.7 Å². The van der Waals surface area contributed by atoms with E-state index in [1.165, 1.54) is 0 Å². The molecule has 1 N–H and O–H groups in total. The van der Waals surface area contributed by atoms with Crippen LogP contribution >= 0.6 is 0 Å². The van der Waals surface area contributed by atoms with Crippen LogP contribution in [0.4, 0.5) is 0 Å². The van der Waals surface area contributed by atoms with Gasteiger partial charge in [-0.2, -0.15) is 0 Å². The van der Waals surface area contributed by atoms with Crippen molar-refractivity contribution < 1.29 is 18.7 Å². The number of amides is 2. The van der Waals surface area contributed by atoms with Gasteiger partial charge >= 0.3 is 0 Å². The molecule has 3 rings (SSSR count). The van der Waals surface area contributed by atoms with Gasteiger partial charge in [0.1, 0.15) is 17.6 Å². The summed E-state index contributed by atoms with van der Waals surface area (Å²) in [5.41, 5.74) is -0.670. The van der Waals surface area contributed by atoms with Crippen LogP contribution in [0.3, 0.4) is 0 Å². The maximum Gasteiger partial charge on any atom is 0.251 e. The average molecular weight is 349 g/mol. The number of rotatable bonds is 3. The Bertz CT molecular complexity index is 654. The molecule has 1 aromatic heterocycles. The van der Waals surface area contributed by atoms with E-state index >= 15 is 0 Å². The smallest absolute Gasteiger partial charge is 0.251 e. The Morgan fingerprint density at radius 2 is 2.08 bits per heavy atom. The second-order valence-electron chi connectivity index (χ2n) is 7.99. The summed E-state index contributed by atoms with van der Waals surface area (Å²) in [6.07, 6.45) is 3.46. The number of oxazole rings is 1. The molecule has 1 atom stereocenters. The van der Waals surface area contributed by atoms with Gasteiger partial charge in [0.25, 0.3) is 5.91 Å². The van der Waals surface area contributed by atoms with E-state index in [0.717, 1.165) is 5.76 Å². The number of likely N-dealkylation sites (tertiary alicyclic amines) is 1. The Morgan fingerprint density at radius 1 is 1.40 bits per heavy atom. The van der Waals surface area contributed by atoms with Gasteiger partial charge in [-0.1, -0.05) is 20.8 Å². The fourth-order valence-corrected chi connectivity index (χ4v) is 3.25. The van der Waals surface area contributed by atoms with E-state index in [9.17, 15) is 9.59 Å². The normalized spacial score (nSPS) is 23.1. The minimum Gasteiger partial charge on any atom is -0.445 e. The average Bonchev–Trinajstić information content (AvgIpc) is 3.11. The minimum atomic E-state index is -0.586. The highest BCUT2D eigenvalue weighted by atomic mass is 16.5. The summed E-state index contributed by atoms with van der Waals surface area (Å²) in [5, 5.41) is 2.93. The quantitative estimate of drug-likeness (QED) is 0.899. The molecule has 138 valence electrons. The molecule has 2 aliphatic heterocycles. The van der Waals surface area contributed by atoms with Gasteiger partial charge in [-0.15, -0.1) is 0 Å². The fourth-order valence-electron chi connectivity index (χ4n) is 3.25. The van der Waals surface area contributed by atoms with Crippen LogP contribution in [0, 0.1) is 0 Å². The summed E-state index contributed by atoms with van der Waals surface area (Å²) in [4.78, 5) is 30.2. The van der Waals surface area contributed by atoms with Crippen molar-refractivity contribution in [2.45, 2.75) is 70.6 Å². The number of carbonyl (C=O) groups excluding carboxylic acids is 2. The fraction of sp³-hybridized carbons (Fsp3) is 0.722. The second kappa shape index (κ2) is 6.44. The van der Waals surface area contributed by atoms with E-state index < -0.39 is 11.8 Å². The van der Waals surface area contributed by atoms with Crippen LogP contribution in [-0.2, 0) is 26.2 Å². The van der Waals surface area contributed by atoms with Gasteiger partial charge < -0.3 is 19.4 Å². The minimum absolute atomic E-state index is 0.0710. The van der Waals surface area contributed by atoms with Gasteiger partial charge in [0.2, 0.25) is 5.91 Å². The van der Waals surface area contributed by atoms with Crippen molar-refractivity contribution in [3.8, 4) is 0 Å². The molecule has 2 saturated heterocycles. The van der Waals surface area contributed by atoms with E-state index in [-0.39, 0.29) is 17.2 Å². The summed E-state index contributed by atoms with van der Waals surface area (Å²) in [6.45, 7) is 9.13. The Balaban J connectivity index is 1.49. The predicted molar refractivity (Wildman–Crippen MR) is 90.8 cm³/mol. The monoisotopic (exact) mass is 349 g/mol. The maximum atomic E-state index is 12.4. The molecule has 0 aliphatic carbocycles. The number of carbonyl (C=O) groups is 2. The number of aromatic nitrogens is 1. The van der Waals surface area contributed by atoms with Crippen molar-refractivity contribution in [2.24, 2.45) is 0 Å². The number of piperidine rings is 1. The van der Waals surface area contributed by atoms with E-state index in [1.807, 2.05) is 4.90 Å². The van der Waals surface area contributed by atoms with Gasteiger partial charge in [0, 0.05) is 44.2 Å². The summed E-state index contributed by atoms with van der Waals surface area (Å²) in [6, 6.07) is 0. The summed E-state index contributed by atoms with van der Waals surface area (Å²) >= 11 is 0. The summed E-state index contributed by atoms with van der Waals surface area (Å²) in [7, 11) is 0. The van der Waals surface area contributed by atoms with E-state index in [1.54, 1.807) is 13.1 Å². The van der Waals surface area contributed by atoms with Gasteiger partial charge in [-0.05, 0) is 6.92 Å². The third kappa shape index (κ3) is 3.86. The van der Waals surface area contributed by atoms with Crippen LogP contribution in [0.25, 0.3) is 0 Å². The lowest BCUT2D eigenvalue weighted by Crippen LogP contribution is -2.53. The van der Waals surface area contributed by atoms with Gasteiger partial charge in [0.15, 0.2) is 5.89 Å². The molecule has 0 aromatic carbocycles. The van der Waals surface area contributed by atoms with Crippen LogP contribution in [0.2, 0.25) is 0 Å². The van der Waals surface area contributed by atoms with E-state index in [2.05, 4.69) is 31.1 Å². The Labute approximate surface area is 148 Å². The highest BCUT2D eigenvalue weighted by molar-refractivity contribution is 5.83. The summed E-state index contributed by atoms with van der Waals surface area (Å²) in [5.74, 6) is 1.45. The van der Waals surface area contributed by atoms with Crippen molar-refractivity contribution in [2.75, 3.05) is 13.1 Å². The molecule has 1 unspecified atom stereocenters. The van der Waals surface area contributed by atoms with Crippen molar-refractivity contribution in [1.29, 1.82) is 0 Å². The predicted octanol–water partition coefficient (Wildman–Crippen LogP) is 1.76. The third-order valence-electron chi connectivity index (χ3n) is 4.89. The van der Waals surface area contributed by atoms with Gasteiger partial charge in [-0.25, -0.2) is 4.98 Å². The number of ether oxygens (including phenoxy) is 1. The standard InChI is InChI=1S/C18H27N3O4/c1-12-16(23)20-18(25-12)7-9-21(10-8-18)15(22)6-5-14-19-11-13(24-14)17(2,3)4/h11-12H,5-10H2,1-4H3,(H,20,23). The molecule has 2 fully saturated rings. The molecule has 7 nitrogen and oxygen atoms in total. The zero-order valence-electron chi connectivity index (χ0n) is 15.4. The first-order valence-corrected chi connectivity index (χ1v) is 8.91. The molecule has 25 heavy (non-hydrogen) atoms. The van der Waals surface area contributed by atoms with Crippen LogP contribution in [0.5, 0.6) is 0 Å². The molecule has 1 aromatic rings. The lowest BCUT2D eigenvalue weighted by molar-refractivity contribution is -0.138. The molecule has 0 radical (unpaired) electrons. The molecule has 0 saturated carbocycles. The lowest BCUT2D eigenvalue weighted by Gasteiger charge is -2.38. The van der Waals surface area contributed by atoms with Crippen LogP contribution in [0.15, 0.2) is 10.6 Å². The molecule has 7 heteroatoms. The molecular weight excluding hydrogens is 322 g/mol. The Kier molecular flexibility index (Phi) is 4.62.